The van der Waals surface area contributed by atoms with Gasteiger partial charge in [0.2, 0.25) is 0 Å². The van der Waals surface area contributed by atoms with Crippen molar-refractivity contribution in [2.75, 3.05) is 44.2 Å². The minimum Gasteiger partial charge on any atom is -0.491 e. The van der Waals surface area contributed by atoms with Gasteiger partial charge in [-0.1, -0.05) is 43.5 Å². The molecule has 4 rings (SSSR count). The number of hydrogen-bond acceptors (Lipinski definition) is 4. The van der Waals surface area contributed by atoms with Gasteiger partial charge >= 0.3 is 0 Å². The van der Waals surface area contributed by atoms with E-state index in [0.29, 0.717) is 18.2 Å². The van der Waals surface area contributed by atoms with E-state index in [1.165, 1.54) is 43.7 Å². The van der Waals surface area contributed by atoms with Crippen molar-refractivity contribution in [3.05, 3.63) is 59.9 Å². The van der Waals surface area contributed by atoms with Crippen LogP contribution >= 0.6 is 0 Å². The average molecular weight is 413 g/mol. The Morgan fingerprint density at radius 2 is 1.63 bits per heavy atom. The molecule has 162 valence electrons. The molecule has 4 nitrogen and oxygen atoms in total. The van der Waals surface area contributed by atoms with Crippen LogP contribution in [0, 0.1) is 5.82 Å². The van der Waals surface area contributed by atoms with E-state index in [2.05, 4.69) is 21.9 Å². The van der Waals surface area contributed by atoms with Crippen molar-refractivity contribution >= 4 is 5.69 Å². The van der Waals surface area contributed by atoms with Crippen LogP contribution in [-0.2, 0) is 0 Å². The molecular formula is C25H33FN2O2. The summed E-state index contributed by atoms with van der Waals surface area (Å²) in [5.41, 5.74) is 2.08. The summed E-state index contributed by atoms with van der Waals surface area (Å²) in [5, 5.41) is 10.4. The van der Waals surface area contributed by atoms with Gasteiger partial charge in [0.15, 0.2) is 0 Å². The van der Waals surface area contributed by atoms with Gasteiger partial charge in [-0.25, -0.2) is 4.39 Å². The molecule has 1 saturated heterocycles. The normalized spacial score (nSPS) is 19.6. The first-order valence-corrected chi connectivity index (χ1v) is 11.3. The number of rotatable bonds is 7. The van der Waals surface area contributed by atoms with Gasteiger partial charge in [-0.3, -0.25) is 4.90 Å². The van der Waals surface area contributed by atoms with E-state index < -0.39 is 6.10 Å². The lowest BCUT2D eigenvalue weighted by Crippen LogP contribution is -2.49. The van der Waals surface area contributed by atoms with E-state index in [1.807, 2.05) is 24.3 Å². The first-order chi connectivity index (χ1) is 14.7. The zero-order chi connectivity index (χ0) is 20.8. The number of β-amino-alcohol motifs (C(OH)–C–C–N with tert-alkyl or cyclic N) is 1. The van der Waals surface area contributed by atoms with E-state index in [4.69, 9.17) is 4.74 Å². The van der Waals surface area contributed by atoms with Gasteiger partial charge in [-0.05, 0) is 48.6 Å². The molecule has 1 heterocycles. The standard InChI is InChI=1S/C25H33FN2O2/c26-24-8-4-5-9-25(24)28-16-14-27(15-17-28)18-22(29)19-30-23-12-10-21(11-13-23)20-6-2-1-3-7-20/h4-5,8-13,20,22,29H,1-3,6-7,14-19H2/t22-/m1/s1. The molecule has 2 aliphatic rings. The van der Waals surface area contributed by atoms with Crippen LogP contribution in [0.25, 0.3) is 0 Å². The number of aliphatic hydroxyl groups excluding tert-OH is 1. The number of aliphatic hydroxyl groups is 1. The van der Waals surface area contributed by atoms with E-state index in [1.54, 1.807) is 6.07 Å². The Hall–Kier alpha value is -2.11. The largest absolute Gasteiger partial charge is 0.491 e. The summed E-state index contributed by atoms with van der Waals surface area (Å²) in [5.74, 6) is 1.34. The first-order valence-electron chi connectivity index (χ1n) is 11.3. The summed E-state index contributed by atoms with van der Waals surface area (Å²) < 4.78 is 19.8. The van der Waals surface area contributed by atoms with Crippen LogP contribution in [0.1, 0.15) is 43.6 Å². The van der Waals surface area contributed by atoms with Crippen molar-refractivity contribution in [3.8, 4) is 5.75 Å². The Morgan fingerprint density at radius 1 is 0.933 bits per heavy atom. The highest BCUT2D eigenvalue weighted by atomic mass is 19.1. The second-order valence-electron chi connectivity index (χ2n) is 8.61. The molecule has 0 radical (unpaired) electrons. The highest BCUT2D eigenvalue weighted by molar-refractivity contribution is 5.48. The number of hydrogen-bond donors (Lipinski definition) is 1. The van der Waals surface area contributed by atoms with Crippen molar-refractivity contribution in [1.82, 2.24) is 4.90 Å². The zero-order valence-electron chi connectivity index (χ0n) is 17.7. The molecule has 2 aromatic carbocycles. The summed E-state index contributed by atoms with van der Waals surface area (Å²) in [6, 6.07) is 15.3. The van der Waals surface area contributed by atoms with Crippen LogP contribution in [-0.4, -0.2) is 55.4 Å². The van der Waals surface area contributed by atoms with Crippen molar-refractivity contribution in [3.63, 3.8) is 0 Å². The quantitative estimate of drug-likeness (QED) is 0.730. The Labute approximate surface area is 179 Å². The van der Waals surface area contributed by atoms with Crippen LogP contribution in [0.2, 0.25) is 0 Å². The summed E-state index contributed by atoms with van der Waals surface area (Å²) in [6.45, 7) is 4.00. The minimum atomic E-state index is -0.539. The third-order valence-electron chi connectivity index (χ3n) is 6.43. The molecule has 1 atom stereocenters. The molecule has 1 N–H and O–H groups in total. The molecule has 5 heteroatoms. The van der Waals surface area contributed by atoms with E-state index >= 15 is 0 Å². The molecule has 1 saturated carbocycles. The van der Waals surface area contributed by atoms with Crippen LogP contribution in [0.15, 0.2) is 48.5 Å². The number of halogens is 1. The Balaban J connectivity index is 1.19. The van der Waals surface area contributed by atoms with Gasteiger partial charge < -0.3 is 14.7 Å². The van der Waals surface area contributed by atoms with Crippen molar-refractivity contribution < 1.29 is 14.2 Å². The smallest absolute Gasteiger partial charge is 0.146 e. The lowest BCUT2D eigenvalue weighted by atomic mass is 9.84. The van der Waals surface area contributed by atoms with Gasteiger partial charge in [0.1, 0.15) is 24.3 Å². The third-order valence-corrected chi connectivity index (χ3v) is 6.43. The second kappa shape index (κ2) is 10.3. The molecule has 2 fully saturated rings. The molecule has 0 aromatic heterocycles. The molecule has 0 amide bonds. The number of anilines is 1. The first kappa shape index (κ1) is 21.1. The average Bonchev–Trinajstić information content (AvgIpc) is 2.80. The number of nitrogens with zero attached hydrogens (tertiary/aromatic N) is 2. The highest BCUT2D eigenvalue weighted by Crippen LogP contribution is 2.33. The van der Waals surface area contributed by atoms with Crippen LogP contribution in [0.3, 0.4) is 0 Å². The van der Waals surface area contributed by atoms with E-state index in [9.17, 15) is 9.50 Å². The minimum absolute atomic E-state index is 0.172. The maximum Gasteiger partial charge on any atom is 0.146 e. The SMILES string of the molecule is O[C@@H](COc1ccc(C2CCCCC2)cc1)CN1CCN(c2ccccc2F)CC1. The predicted octanol–water partition coefficient (Wildman–Crippen LogP) is 4.44. The van der Waals surface area contributed by atoms with E-state index in [-0.39, 0.29) is 12.4 Å². The molecule has 2 aromatic rings. The van der Waals surface area contributed by atoms with Crippen LogP contribution in [0.5, 0.6) is 5.75 Å². The number of piperazine rings is 1. The maximum atomic E-state index is 14.0. The molecule has 0 bridgehead atoms. The van der Waals surface area contributed by atoms with Gasteiger partial charge in [0, 0.05) is 32.7 Å². The Bertz CT molecular complexity index is 784. The Morgan fingerprint density at radius 3 is 2.33 bits per heavy atom. The molecule has 0 spiro atoms. The number of ether oxygens (including phenoxy) is 1. The van der Waals surface area contributed by atoms with E-state index in [0.717, 1.165) is 31.9 Å². The van der Waals surface area contributed by atoms with Crippen LogP contribution in [0.4, 0.5) is 10.1 Å². The molecule has 1 aliphatic carbocycles. The fourth-order valence-electron chi connectivity index (χ4n) is 4.69. The van der Waals surface area contributed by atoms with Gasteiger partial charge in [-0.15, -0.1) is 0 Å². The molecular weight excluding hydrogens is 379 g/mol. The summed E-state index contributed by atoms with van der Waals surface area (Å²) >= 11 is 0. The fourth-order valence-corrected chi connectivity index (χ4v) is 4.69. The Kier molecular flexibility index (Phi) is 7.24. The summed E-state index contributed by atoms with van der Waals surface area (Å²) in [7, 11) is 0. The summed E-state index contributed by atoms with van der Waals surface area (Å²) in [4.78, 5) is 4.29. The maximum absolute atomic E-state index is 14.0. The predicted molar refractivity (Wildman–Crippen MR) is 119 cm³/mol. The van der Waals surface area contributed by atoms with Crippen molar-refractivity contribution in [2.45, 2.75) is 44.1 Å². The van der Waals surface area contributed by atoms with Crippen molar-refractivity contribution in [2.24, 2.45) is 0 Å². The number of benzene rings is 2. The van der Waals surface area contributed by atoms with Crippen molar-refractivity contribution in [1.29, 1.82) is 0 Å². The zero-order valence-corrected chi connectivity index (χ0v) is 17.7. The second-order valence-corrected chi connectivity index (χ2v) is 8.61. The third kappa shape index (κ3) is 5.52. The highest BCUT2D eigenvalue weighted by Gasteiger charge is 2.21. The van der Waals surface area contributed by atoms with Gasteiger partial charge in [-0.2, -0.15) is 0 Å². The molecule has 1 aliphatic heterocycles. The van der Waals surface area contributed by atoms with Crippen LogP contribution < -0.4 is 9.64 Å². The molecule has 30 heavy (non-hydrogen) atoms. The van der Waals surface area contributed by atoms with Gasteiger partial charge in [0.25, 0.3) is 0 Å². The lowest BCUT2D eigenvalue weighted by Gasteiger charge is -2.36. The topological polar surface area (TPSA) is 35.9 Å². The molecule has 0 unspecified atom stereocenters. The lowest BCUT2D eigenvalue weighted by molar-refractivity contribution is 0.0662. The monoisotopic (exact) mass is 412 g/mol. The van der Waals surface area contributed by atoms with Gasteiger partial charge in [0.05, 0.1) is 5.69 Å². The summed E-state index contributed by atoms with van der Waals surface area (Å²) in [6.07, 6.45) is 6.09. The fraction of sp³-hybridized carbons (Fsp3) is 0.520. The number of para-hydroxylation sites is 1.